The van der Waals surface area contributed by atoms with E-state index in [-0.39, 0.29) is 23.2 Å². The third-order valence-corrected chi connectivity index (χ3v) is 3.32. The molecule has 7 nitrogen and oxygen atoms in total. The van der Waals surface area contributed by atoms with Crippen LogP contribution in [0.25, 0.3) is 0 Å². The monoisotopic (exact) mass is 332 g/mol. The van der Waals surface area contributed by atoms with E-state index in [1.807, 2.05) is 0 Å². The molecular formula is C16H13FN2O5. The van der Waals surface area contributed by atoms with Gasteiger partial charge in [-0.3, -0.25) is 14.9 Å². The zero-order chi connectivity index (χ0) is 17.7. The number of halogens is 1. The lowest BCUT2D eigenvalue weighted by atomic mass is 10.0. The highest BCUT2D eigenvalue weighted by molar-refractivity contribution is 5.96. The van der Waals surface area contributed by atoms with Crippen LogP contribution in [0.5, 0.6) is 0 Å². The fourth-order valence-electron chi connectivity index (χ4n) is 2.12. The number of aliphatic carboxylic acids is 1. The normalized spacial score (nSPS) is 11.5. The zero-order valence-electron chi connectivity index (χ0n) is 12.3. The molecule has 8 heteroatoms. The Morgan fingerprint density at radius 1 is 1.17 bits per heavy atom. The van der Waals surface area contributed by atoms with E-state index in [0.29, 0.717) is 0 Å². The topological polar surface area (TPSA) is 110 Å². The van der Waals surface area contributed by atoms with Crippen LogP contribution in [0, 0.1) is 15.9 Å². The zero-order valence-corrected chi connectivity index (χ0v) is 12.3. The largest absolute Gasteiger partial charge is 0.480 e. The smallest absolute Gasteiger partial charge is 0.326 e. The molecule has 0 spiro atoms. The van der Waals surface area contributed by atoms with Crippen molar-refractivity contribution in [1.82, 2.24) is 5.32 Å². The lowest BCUT2D eigenvalue weighted by molar-refractivity contribution is -0.385. The van der Waals surface area contributed by atoms with Crippen LogP contribution in [0.4, 0.5) is 10.1 Å². The second kappa shape index (κ2) is 7.32. The SMILES string of the molecule is O=C(N[C@H](Cc1ccccc1[N+](=O)[O-])C(=O)O)c1ccc(F)cc1. The number of rotatable bonds is 6. The Bertz CT molecular complexity index is 776. The molecule has 1 atom stereocenters. The fourth-order valence-corrected chi connectivity index (χ4v) is 2.12. The molecule has 0 aliphatic rings. The number of para-hydroxylation sites is 1. The summed E-state index contributed by atoms with van der Waals surface area (Å²) < 4.78 is 12.9. The standard InChI is InChI=1S/C16H13FN2O5/c17-12-7-5-10(6-8-12)15(20)18-13(16(21)22)9-11-3-1-2-4-14(11)19(23)24/h1-8,13H,9H2,(H,18,20)(H,21,22)/t13-/m1/s1. The molecule has 2 rings (SSSR count). The van der Waals surface area contributed by atoms with Crippen LogP contribution in [0.3, 0.4) is 0 Å². The van der Waals surface area contributed by atoms with Gasteiger partial charge < -0.3 is 10.4 Å². The molecule has 2 N–H and O–H groups in total. The third kappa shape index (κ3) is 4.13. The summed E-state index contributed by atoms with van der Waals surface area (Å²) in [6.45, 7) is 0. The van der Waals surface area contributed by atoms with E-state index in [0.717, 1.165) is 12.1 Å². The minimum atomic E-state index is -1.36. The molecule has 0 fully saturated rings. The van der Waals surface area contributed by atoms with Crippen molar-refractivity contribution in [2.45, 2.75) is 12.5 Å². The highest BCUT2D eigenvalue weighted by Crippen LogP contribution is 2.19. The molecule has 0 saturated heterocycles. The molecular weight excluding hydrogens is 319 g/mol. The second-order valence-corrected chi connectivity index (χ2v) is 4.96. The van der Waals surface area contributed by atoms with Gasteiger partial charge in [-0.15, -0.1) is 0 Å². The third-order valence-electron chi connectivity index (χ3n) is 3.32. The van der Waals surface area contributed by atoms with E-state index in [2.05, 4.69) is 5.32 Å². The maximum absolute atomic E-state index is 12.9. The van der Waals surface area contributed by atoms with E-state index in [9.17, 15) is 29.2 Å². The molecule has 0 aliphatic heterocycles. The van der Waals surface area contributed by atoms with Crippen LogP contribution in [-0.2, 0) is 11.2 Å². The summed E-state index contributed by atoms with van der Waals surface area (Å²) in [5.74, 6) is -2.56. The van der Waals surface area contributed by atoms with Gasteiger partial charge in [0, 0.05) is 23.6 Å². The first-order valence-corrected chi connectivity index (χ1v) is 6.90. The number of nitrogens with zero attached hydrogens (tertiary/aromatic N) is 1. The minimum absolute atomic E-state index is 0.0882. The molecule has 24 heavy (non-hydrogen) atoms. The van der Waals surface area contributed by atoms with Crippen molar-refractivity contribution in [2.75, 3.05) is 0 Å². The number of nitro groups is 1. The van der Waals surface area contributed by atoms with E-state index in [1.54, 1.807) is 6.07 Å². The Morgan fingerprint density at radius 3 is 2.38 bits per heavy atom. The Kier molecular flexibility index (Phi) is 5.20. The van der Waals surface area contributed by atoms with E-state index < -0.39 is 28.7 Å². The van der Waals surface area contributed by atoms with Gasteiger partial charge in [0.25, 0.3) is 11.6 Å². The molecule has 2 aromatic carbocycles. The second-order valence-electron chi connectivity index (χ2n) is 4.96. The molecule has 0 bridgehead atoms. The summed E-state index contributed by atoms with van der Waals surface area (Å²) in [5, 5.41) is 22.5. The van der Waals surface area contributed by atoms with Crippen molar-refractivity contribution in [2.24, 2.45) is 0 Å². The number of nitrogens with one attached hydrogen (secondary N) is 1. The van der Waals surface area contributed by atoms with Gasteiger partial charge in [-0.25, -0.2) is 9.18 Å². The van der Waals surface area contributed by atoms with Crippen LogP contribution in [0.2, 0.25) is 0 Å². The number of carbonyl (C=O) groups is 2. The van der Waals surface area contributed by atoms with Gasteiger partial charge in [0.15, 0.2) is 0 Å². The van der Waals surface area contributed by atoms with Gasteiger partial charge in [0.1, 0.15) is 11.9 Å². The summed E-state index contributed by atoms with van der Waals surface area (Å²) in [7, 11) is 0. The minimum Gasteiger partial charge on any atom is -0.480 e. The van der Waals surface area contributed by atoms with E-state index >= 15 is 0 Å². The number of amides is 1. The molecule has 0 unspecified atom stereocenters. The maximum Gasteiger partial charge on any atom is 0.326 e. The van der Waals surface area contributed by atoms with Crippen molar-refractivity contribution >= 4 is 17.6 Å². The molecule has 0 saturated carbocycles. The lowest BCUT2D eigenvalue weighted by Crippen LogP contribution is -2.42. The molecule has 1 amide bonds. The first-order valence-electron chi connectivity index (χ1n) is 6.90. The molecule has 2 aromatic rings. The van der Waals surface area contributed by atoms with Crippen molar-refractivity contribution in [3.63, 3.8) is 0 Å². The number of carbonyl (C=O) groups excluding carboxylic acids is 1. The Hall–Kier alpha value is -3.29. The number of hydrogen-bond acceptors (Lipinski definition) is 4. The van der Waals surface area contributed by atoms with Crippen molar-refractivity contribution < 1.29 is 24.0 Å². The predicted molar refractivity (Wildman–Crippen MR) is 82.1 cm³/mol. The van der Waals surface area contributed by atoms with Gasteiger partial charge in [-0.05, 0) is 24.3 Å². The van der Waals surface area contributed by atoms with Crippen molar-refractivity contribution in [1.29, 1.82) is 0 Å². The number of benzene rings is 2. The lowest BCUT2D eigenvalue weighted by Gasteiger charge is -2.14. The number of nitro benzene ring substituents is 1. The number of carboxylic acid groups (broad SMARTS) is 1. The highest BCUT2D eigenvalue weighted by atomic mass is 19.1. The Morgan fingerprint density at radius 2 is 1.79 bits per heavy atom. The number of hydrogen-bond donors (Lipinski definition) is 2. The highest BCUT2D eigenvalue weighted by Gasteiger charge is 2.24. The average molecular weight is 332 g/mol. The van der Waals surface area contributed by atoms with Gasteiger partial charge in [-0.1, -0.05) is 18.2 Å². The molecule has 0 heterocycles. The summed E-state index contributed by atoms with van der Waals surface area (Å²) in [6.07, 6.45) is -0.251. The first-order chi connectivity index (χ1) is 11.4. The fraction of sp³-hybridized carbons (Fsp3) is 0.125. The van der Waals surface area contributed by atoms with Crippen molar-refractivity contribution in [3.8, 4) is 0 Å². The molecule has 0 aliphatic carbocycles. The molecule has 0 radical (unpaired) electrons. The molecule has 124 valence electrons. The Labute approximate surface area is 135 Å². The van der Waals surface area contributed by atoms with Gasteiger partial charge in [0.05, 0.1) is 4.92 Å². The first kappa shape index (κ1) is 17.1. The summed E-state index contributed by atoms with van der Waals surface area (Å²) in [6, 6.07) is 8.93. The number of carboxylic acids is 1. The van der Waals surface area contributed by atoms with Gasteiger partial charge in [-0.2, -0.15) is 0 Å². The average Bonchev–Trinajstić information content (AvgIpc) is 2.55. The van der Waals surface area contributed by atoms with E-state index in [4.69, 9.17) is 0 Å². The van der Waals surface area contributed by atoms with Crippen LogP contribution in [0.15, 0.2) is 48.5 Å². The van der Waals surface area contributed by atoms with Gasteiger partial charge in [0.2, 0.25) is 0 Å². The van der Waals surface area contributed by atoms with Crippen LogP contribution in [0.1, 0.15) is 15.9 Å². The Balaban J connectivity index is 2.19. The quantitative estimate of drug-likeness (QED) is 0.622. The predicted octanol–water partition coefficient (Wildman–Crippen LogP) is 2.16. The summed E-state index contributed by atoms with van der Waals surface area (Å²) >= 11 is 0. The molecule has 0 aromatic heterocycles. The van der Waals surface area contributed by atoms with Crippen LogP contribution >= 0.6 is 0 Å². The van der Waals surface area contributed by atoms with Crippen molar-refractivity contribution in [3.05, 3.63) is 75.6 Å². The summed E-state index contributed by atoms with van der Waals surface area (Å²) in [4.78, 5) is 33.8. The maximum atomic E-state index is 12.9. The van der Waals surface area contributed by atoms with E-state index in [1.165, 1.54) is 30.3 Å². The van der Waals surface area contributed by atoms with Crippen LogP contribution < -0.4 is 5.32 Å². The van der Waals surface area contributed by atoms with Gasteiger partial charge >= 0.3 is 5.97 Å². The van der Waals surface area contributed by atoms with Crippen LogP contribution in [-0.4, -0.2) is 27.9 Å². The summed E-state index contributed by atoms with van der Waals surface area (Å²) in [5.41, 5.74) is 0.0549.